The average Bonchev–Trinajstić information content (AvgIpc) is 2.42. The Morgan fingerprint density at radius 3 is 2.20 bits per heavy atom. The highest BCUT2D eigenvalue weighted by Gasteiger charge is 2.23. The molecule has 0 bridgehead atoms. The molecule has 20 heavy (non-hydrogen) atoms. The lowest BCUT2D eigenvalue weighted by Gasteiger charge is -2.17. The van der Waals surface area contributed by atoms with Crippen LogP contribution in [0.25, 0.3) is 0 Å². The molecule has 0 radical (unpaired) electrons. The third-order valence-corrected chi connectivity index (χ3v) is 2.68. The molecule has 0 saturated heterocycles. The number of carbonyl (C=O) groups is 2. The third-order valence-electron chi connectivity index (χ3n) is 2.68. The SMILES string of the molecule is COc1ccc(OCC(=O)N[C@@H](C(=O)O)C(C)C)cc1. The van der Waals surface area contributed by atoms with Gasteiger partial charge in [-0.15, -0.1) is 0 Å². The van der Waals surface area contributed by atoms with E-state index in [-0.39, 0.29) is 12.5 Å². The molecule has 6 heteroatoms. The first kappa shape index (κ1) is 15.8. The van der Waals surface area contributed by atoms with Crippen molar-refractivity contribution in [2.45, 2.75) is 19.9 Å². The number of nitrogens with one attached hydrogen (secondary N) is 1. The maximum Gasteiger partial charge on any atom is 0.326 e. The highest BCUT2D eigenvalue weighted by molar-refractivity contribution is 5.84. The first-order valence-electron chi connectivity index (χ1n) is 6.23. The van der Waals surface area contributed by atoms with E-state index in [2.05, 4.69) is 5.32 Å². The Balaban J connectivity index is 2.47. The molecule has 0 saturated carbocycles. The quantitative estimate of drug-likeness (QED) is 0.787. The monoisotopic (exact) mass is 281 g/mol. The second kappa shape index (κ2) is 7.37. The molecule has 0 unspecified atom stereocenters. The van der Waals surface area contributed by atoms with Gasteiger partial charge in [0.1, 0.15) is 17.5 Å². The number of methoxy groups -OCH3 is 1. The fourth-order valence-corrected chi connectivity index (χ4v) is 1.55. The summed E-state index contributed by atoms with van der Waals surface area (Å²) in [6.07, 6.45) is 0. The smallest absolute Gasteiger partial charge is 0.326 e. The second-order valence-electron chi connectivity index (χ2n) is 4.59. The lowest BCUT2D eigenvalue weighted by atomic mass is 10.1. The molecule has 1 atom stereocenters. The van der Waals surface area contributed by atoms with E-state index in [1.165, 1.54) is 0 Å². The summed E-state index contributed by atoms with van der Waals surface area (Å²) >= 11 is 0. The summed E-state index contributed by atoms with van der Waals surface area (Å²) in [5, 5.41) is 11.4. The summed E-state index contributed by atoms with van der Waals surface area (Å²) in [7, 11) is 1.56. The number of carbonyl (C=O) groups excluding carboxylic acids is 1. The van der Waals surface area contributed by atoms with Crippen molar-refractivity contribution >= 4 is 11.9 Å². The molecule has 0 aliphatic carbocycles. The molecule has 1 amide bonds. The third kappa shape index (κ3) is 4.79. The molecular weight excluding hydrogens is 262 g/mol. The zero-order chi connectivity index (χ0) is 15.1. The van der Waals surface area contributed by atoms with E-state index in [1.54, 1.807) is 45.2 Å². The van der Waals surface area contributed by atoms with E-state index in [0.717, 1.165) is 0 Å². The van der Waals surface area contributed by atoms with Gasteiger partial charge in [-0.1, -0.05) is 13.8 Å². The van der Waals surface area contributed by atoms with Crippen molar-refractivity contribution < 1.29 is 24.2 Å². The van der Waals surface area contributed by atoms with Gasteiger partial charge in [0.25, 0.3) is 5.91 Å². The molecule has 1 aromatic carbocycles. The molecule has 0 aromatic heterocycles. The maximum absolute atomic E-state index is 11.6. The fraction of sp³-hybridized carbons (Fsp3) is 0.429. The Morgan fingerprint density at radius 1 is 1.20 bits per heavy atom. The summed E-state index contributed by atoms with van der Waals surface area (Å²) in [6.45, 7) is 3.22. The highest BCUT2D eigenvalue weighted by Crippen LogP contribution is 2.16. The van der Waals surface area contributed by atoms with Crippen molar-refractivity contribution in [3.05, 3.63) is 24.3 Å². The van der Waals surface area contributed by atoms with Crippen molar-refractivity contribution in [3.63, 3.8) is 0 Å². The molecule has 110 valence electrons. The van der Waals surface area contributed by atoms with Gasteiger partial charge < -0.3 is 19.9 Å². The Bertz CT molecular complexity index is 455. The van der Waals surface area contributed by atoms with Gasteiger partial charge in [-0.2, -0.15) is 0 Å². The van der Waals surface area contributed by atoms with Crippen molar-refractivity contribution in [3.8, 4) is 11.5 Å². The number of hydrogen-bond acceptors (Lipinski definition) is 4. The van der Waals surface area contributed by atoms with Crippen LogP contribution >= 0.6 is 0 Å². The normalized spacial score (nSPS) is 11.8. The fourth-order valence-electron chi connectivity index (χ4n) is 1.55. The summed E-state index contributed by atoms with van der Waals surface area (Å²) in [5.74, 6) is -0.526. The van der Waals surface area contributed by atoms with Crippen LogP contribution in [0.5, 0.6) is 11.5 Å². The Kier molecular flexibility index (Phi) is 5.83. The van der Waals surface area contributed by atoms with Crippen molar-refractivity contribution in [1.29, 1.82) is 0 Å². The maximum atomic E-state index is 11.6. The van der Waals surface area contributed by atoms with Crippen LogP contribution in [-0.4, -0.2) is 36.7 Å². The summed E-state index contributed by atoms with van der Waals surface area (Å²) in [5.41, 5.74) is 0. The number of ether oxygens (including phenoxy) is 2. The van der Waals surface area contributed by atoms with Crippen molar-refractivity contribution in [2.24, 2.45) is 5.92 Å². The minimum absolute atomic E-state index is 0.197. The summed E-state index contributed by atoms with van der Waals surface area (Å²) in [6, 6.07) is 5.84. The molecular formula is C14H19NO5. The van der Waals surface area contributed by atoms with E-state index in [0.29, 0.717) is 11.5 Å². The van der Waals surface area contributed by atoms with Crippen molar-refractivity contribution in [1.82, 2.24) is 5.32 Å². The van der Waals surface area contributed by atoms with Crippen LogP contribution in [0.3, 0.4) is 0 Å². The molecule has 0 fully saturated rings. The van der Waals surface area contributed by atoms with Gasteiger partial charge in [-0.25, -0.2) is 4.79 Å². The van der Waals surface area contributed by atoms with Crippen LogP contribution in [0.2, 0.25) is 0 Å². The van der Waals surface area contributed by atoms with E-state index >= 15 is 0 Å². The molecule has 0 heterocycles. The minimum atomic E-state index is -1.06. The number of carboxylic acid groups (broad SMARTS) is 1. The van der Waals surface area contributed by atoms with Crippen LogP contribution < -0.4 is 14.8 Å². The summed E-state index contributed by atoms with van der Waals surface area (Å²) in [4.78, 5) is 22.6. The second-order valence-corrected chi connectivity index (χ2v) is 4.59. The van der Waals surface area contributed by atoms with Gasteiger partial charge in [0, 0.05) is 0 Å². The Labute approximate surface area is 117 Å². The van der Waals surface area contributed by atoms with Crippen LogP contribution in [0.1, 0.15) is 13.8 Å². The topological polar surface area (TPSA) is 84.9 Å². The largest absolute Gasteiger partial charge is 0.497 e. The number of aliphatic carboxylic acids is 1. The van der Waals surface area contributed by atoms with E-state index in [1.807, 2.05) is 0 Å². The predicted octanol–water partition coefficient (Wildman–Crippen LogP) is 1.30. The molecule has 0 aliphatic rings. The zero-order valence-corrected chi connectivity index (χ0v) is 11.8. The molecule has 1 aromatic rings. The molecule has 6 nitrogen and oxygen atoms in total. The molecule has 1 rings (SSSR count). The van der Waals surface area contributed by atoms with E-state index in [9.17, 15) is 9.59 Å². The van der Waals surface area contributed by atoms with Crippen LogP contribution in [0, 0.1) is 5.92 Å². The van der Waals surface area contributed by atoms with Crippen molar-refractivity contribution in [2.75, 3.05) is 13.7 Å². The first-order valence-corrected chi connectivity index (χ1v) is 6.23. The first-order chi connectivity index (χ1) is 9.43. The average molecular weight is 281 g/mol. The summed E-state index contributed by atoms with van der Waals surface area (Å²) < 4.78 is 10.3. The number of rotatable bonds is 7. The lowest BCUT2D eigenvalue weighted by Crippen LogP contribution is -2.46. The van der Waals surface area contributed by atoms with Gasteiger partial charge in [-0.05, 0) is 30.2 Å². The van der Waals surface area contributed by atoms with Gasteiger partial charge in [0.2, 0.25) is 0 Å². The standard InChI is InChI=1S/C14H19NO5/c1-9(2)13(14(17)18)15-12(16)8-20-11-6-4-10(19-3)5-7-11/h4-7,9,13H,8H2,1-3H3,(H,15,16)(H,17,18)/t13-/m1/s1. The van der Waals surface area contributed by atoms with E-state index in [4.69, 9.17) is 14.6 Å². The number of benzene rings is 1. The van der Waals surface area contributed by atoms with Gasteiger partial charge in [-0.3, -0.25) is 4.79 Å². The van der Waals surface area contributed by atoms with Gasteiger partial charge in [0.15, 0.2) is 6.61 Å². The van der Waals surface area contributed by atoms with Gasteiger partial charge >= 0.3 is 5.97 Å². The minimum Gasteiger partial charge on any atom is -0.497 e. The highest BCUT2D eigenvalue weighted by atomic mass is 16.5. The van der Waals surface area contributed by atoms with Gasteiger partial charge in [0.05, 0.1) is 7.11 Å². The Hall–Kier alpha value is -2.24. The molecule has 2 N–H and O–H groups in total. The number of amides is 1. The zero-order valence-electron chi connectivity index (χ0n) is 11.8. The van der Waals surface area contributed by atoms with E-state index < -0.39 is 17.9 Å². The number of hydrogen-bond donors (Lipinski definition) is 2. The Morgan fingerprint density at radius 2 is 1.75 bits per heavy atom. The molecule has 0 spiro atoms. The predicted molar refractivity (Wildman–Crippen MR) is 72.9 cm³/mol. The van der Waals surface area contributed by atoms with Crippen LogP contribution in [0.15, 0.2) is 24.3 Å². The lowest BCUT2D eigenvalue weighted by molar-refractivity contribution is -0.143. The van der Waals surface area contributed by atoms with Crippen LogP contribution in [-0.2, 0) is 9.59 Å². The van der Waals surface area contributed by atoms with Crippen LogP contribution in [0.4, 0.5) is 0 Å². The molecule has 0 aliphatic heterocycles. The number of carboxylic acids is 1.